The summed E-state index contributed by atoms with van der Waals surface area (Å²) < 4.78 is 11.0. The fourth-order valence-electron chi connectivity index (χ4n) is 2.67. The molecule has 0 radical (unpaired) electrons. The summed E-state index contributed by atoms with van der Waals surface area (Å²) in [5.41, 5.74) is 1.19. The van der Waals surface area contributed by atoms with Crippen molar-refractivity contribution in [2.45, 2.75) is 31.5 Å². The molecule has 1 aromatic carbocycles. The van der Waals surface area contributed by atoms with Crippen LogP contribution in [-0.2, 0) is 9.57 Å². The average molecular weight is 310 g/mol. The van der Waals surface area contributed by atoms with E-state index in [-0.39, 0.29) is 18.6 Å². The molecule has 0 aliphatic carbocycles. The molecule has 122 valence electrons. The third kappa shape index (κ3) is 4.57. The normalized spacial score (nSPS) is 22.8. The SMILES string of the molecule is COc1ccc(C2CCNCC2OC[C@H](C)O[N+](=O)[O-])cc1. The highest BCUT2D eigenvalue weighted by atomic mass is 17.0. The minimum absolute atomic E-state index is 0.0278. The van der Waals surface area contributed by atoms with E-state index < -0.39 is 11.2 Å². The maximum Gasteiger partial charge on any atom is 0.294 e. The van der Waals surface area contributed by atoms with E-state index in [9.17, 15) is 10.1 Å². The van der Waals surface area contributed by atoms with Crippen molar-refractivity contribution in [1.82, 2.24) is 5.32 Å². The largest absolute Gasteiger partial charge is 0.497 e. The van der Waals surface area contributed by atoms with E-state index in [0.717, 1.165) is 25.3 Å². The molecule has 1 aromatic rings. The Labute approximate surface area is 129 Å². The van der Waals surface area contributed by atoms with Gasteiger partial charge in [-0.15, -0.1) is 10.1 Å². The Kier molecular flexibility index (Phi) is 5.97. The maximum absolute atomic E-state index is 10.3. The van der Waals surface area contributed by atoms with Crippen LogP contribution < -0.4 is 10.1 Å². The minimum Gasteiger partial charge on any atom is -0.497 e. The number of ether oxygens (including phenoxy) is 2. The average Bonchev–Trinajstić information content (AvgIpc) is 2.53. The van der Waals surface area contributed by atoms with Crippen molar-refractivity contribution in [2.75, 3.05) is 26.8 Å². The predicted octanol–water partition coefficient (Wildman–Crippen LogP) is 1.75. The van der Waals surface area contributed by atoms with Crippen LogP contribution in [0.15, 0.2) is 24.3 Å². The fraction of sp³-hybridized carbons (Fsp3) is 0.600. The number of piperidine rings is 1. The number of methoxy groups -OCH3 is 1. The minimum atomic E-state index is -0.784. The molecular weight excluding hydrogens is 288 g/mol. The smallest absolute Gasteiger partial charge is 0.294 e. The van der Waals surface area contributed by atoms with Gasteiger partial charge in [0.05, 0.1) is 19.8 Å². The van der Waals surface area contributed by atoms with Gasteiger partial charge < -0.3 is 19.6 Å². The van der Waals surface area contributed by atoms with Gasteiger partial charge in [-0.1, -0.05) is 12.1 Å². The predicted molar refractivity (Wildman–Crippen MR) is 80.5 cm³/mol. The van der Waals surface area contributed by atoms with Crippen LogP contribution in [0.4, 0.5) is 0 Å². The van der Waals surface area contributed by atoms with Crippen molar-refractivity contribution in [3.63, 3.8) is 0 Å². The first-order chi connectivity index (χ1) is 10.6. The Hall–Kier alpha value is -1.86. The Balaban J connectivity index is 1.96. The highest BCUT2D eigenvalue weighted by Gasteiger charge is 2.27. The molecule has 0 aromatic heterocycles. The van der Waals surface area contributed by atoms with Crippen LogP contribution in [-0.4, -0.2) is 44.1 Å². The monoisotopic (exact) mass is 310 g/mol. The van der Waals surface area contributed by atoms with E-state index in [1.54, 1.807) is 14.0 Å². The molecule has 0 spiro atoms. The van der Waals surface area contributed by atoms with Crippen LogP contribution in [0.1, 0.15) is 24.8 Å². The third-order valence-electron chi connectivity index (χ3n) is 3.78. The summed E-state index contributed by atoms with van der Waals surface area (Å²) in [7, 11) is 1.64. The van der Waals surface area contributed by atoms with Crippen molar-refractivity contribution in [2.24, 2.45) is 0 Å². The first kappa shape index (κ1) is 16.5. The molecule has 0 amide bonds. The lowest BCUT2D eigenvalue weighted by Gasteiger charge is -2.33. The molecule has 1 aliphatic heterocycles. The molecule has 1 saturated heterocycles. The zero-order chi connectivity index (χ0) is 15.9. The molecule has 7 heteroatoms. The lowest BCUT2D eigenvalue weighted by molar-refractivity contribution is -0.768. The van der Waals surface area contributed by atoms with E-state index in [2.05, 4.69) is 10.2 Å². The van der Waals surface area contributed by atoms with Gasteiger partial charge in [0.2, 0.25) is 0 Å². The first-order valence-corrected chi connectivity index (χ1v) is 7.37. The van der Waals surface area contributed by atoms with E-state index >= 15 is 0 Å². The lowest BCUT2D eigenvalue weighted by atomic mass is 9.87. The van der Waals surface area contributed by atoms with Crippen molar-refractivity contribution in [3.05, 3.63) is 39.9 Å². The zero-order valence-corrected chi connectivity index (χ0v) is 12.9. The fourth-order valence-corrected chi connectivity index (χ4v) is 2.67. The summed E-state index contributed by atoms with van der Waals surface area (Å²) in [5, 5.41) is 12.8. The maximum atomic E-state index is 10.3. The van der Waals surface area contributed by atoms with Gasteiger partial charge in [0, 0.05) is 12.5 Å². The van der Waals surface area contributed by atoms with Crippen LogP contribution >= 0.6 is 0 Å². The van der Waals surface area contributed by atoms with Crippen LogP contribution in [0.3, 0.4) is 0 Å². The topological polar surface area (TPSA) is 82.9 Å². The van der Waals surface area contributed by atoms with Crippen molar-refractivity contribution >= 4 is 0 Å². The van der Waals surface area contributed by atoms with Gasteiger partial charge in [0.1, 0.15) is 11.9 Å². The van der Waals surface area contributed by atoms with Crippen molar-refractivity contribution in [3.8, 4) is 5.75 Å². The first-order valence-electron chi connectivity index (χ1n) is 7.37. The summed E-state index contributed by atoms with van der Waals surface area (Å²) in [4.78, 5) is 14.8. The van der Waals surface area contributed by atoms with Gasteiger partial charge in [0.15, 0.2) is 0 Å². The number of hydrogen-bond donors (Lipinski definition) is 1. The molecule has 1 N–H and O–H groups in total. The van der Waals surface area contributed by atoms with Gasteiger partial charge >= 0.3 is 0 Å². The second-order valence-corrected chi connectivity index (χ2v) is 5.38. The molecule has 1 fully saturated rings. The lowest BCUT2D eigenvalue weighted by Crippen LogP contribution is -2.42. The number of rotatable bonds is 7. The molecular formula is C15H22N2O5. The van der Waals surface area contributed by atoms with Gasteiger partial charge in [-0.05, 0) is 37.6 Å². The van der Waals surface area contributed by atoms with Gasteiger partial charge in [-0.25, -0.2) is 0 Å². The summed E-state index contributed by atoms with van der Waals surface area (Å²) in [5.74, 6) is 1.08. The standard InChI is InChI=1S/C15H22N2O5/c1-11(22-17(18)19)10-21-15-9-16-8-7-14(15)12-3-5-13(20-2)6-4-12/h3-6,11,14-16H,7-10H2,1-2H3/t11-,14?,15?/m0/s1. The van der Waals surface area contributed by atoms with Crippen LogP contribution in [0.25, 0.3) is 0 Å². The summed E-state index contributed by atoms with van der Waals surface area (Å²) in [6.45, 7) is 3.47. The van der Waals surface area contributed by atoms with E-state index in [0.29, 0.717) is 0 Å². The molecule has 0 saturated carbocycles. The highest BCUT2D eigenvalue weighted by Crippen LogP contribution is 2.29. The van der Waals surface area contributed by atoms with Crippen LogP contribution in [0, 0.1) is 10.1 Å². The molecule has 22 heavy (non-hydrogen) atoms. The Bertz CT molecular complexity index is 479. The summed E-state index contributed by atoms with van der Waals surface area (Å²) in [6.07, 6.45) is 0.356. The highest BCUT2D eigenvalue weighted by molar-refractivity contribution is 5.30. The van der Waals surface area contributed by atoms with Crippen LogP contribution in [0.2, 0.25) is 0 Å². The number of benzene rings is 1. The quantitative estimate of drug-likeness (QED) is 0.610. The molecule has 7 nitrogen and oxygen atoms in total. The van der Waals surface area contributed by atoms with Crippen molar-refractivity contribution < 1.29 is 19.4 Å². The molecule has 1 heterocycles. The second-order valence-electron chi connectivity index (χ2n) is 5.38. The number of hydrogen-bond acceptors (Lipinski definition) is 6. The van der Waals surface area contributed by atoms with Gasteiger partial charge in [-0.3, -0.25) is 0 Å². The molecule has 2 rings (SSSR count). The van der Waals surface area contributed by atoms with Crippen LogP contribution in [0.5, 0.6) is 5.75 Å². The number of nitrogens with zero attached hydrogens (tertiary/aromatic N) is 1. The Morgan fingerprint density at radius 3 is 2.77 bits per heavy atom. The molecule has 2 unspecified atom stereocenters. The van der Waals surface area contributed by atoms with E-state index in [1.165, 1.54) is 5.56 Å². The second kappa shape index (κ2) is 7.95. The van der Waals surface area contributed by atoms with Gasteiger partial charge in [-0.2, -0.15) is 0 Å². The summed E-state index contributed by atoms with van der Waals surface area (Å²) in [6, 6.07) is 7.96. The van der Waals surface area contributed by atoms with E-state index in [1.807, 2.05) is 24.3 Å². The zero-order valence-electron chi connectivity index (χ0n) is 12.9. The van der Waals surface area contributed by atoms with Gasteiger partial charge in [0.25, 0.3) is 5.09 Å². The summed E-state index contributed by atoms with van der Waals surface area (Å²) >= 11 is 0. The molecule has 0 bridgehead atoms. The Morgan fingerprint density at radius 1 is 1.41 bits per heavy atom. The Morgan fingerprint density at radius 2 is 2.14 bits per heavy atom. The third-order valence-corrected chi connectivity index (χ3v) is 3.78. The molecule has 1 aliphatic rings. The number of nitrogens with one attached hydrogen (secondary N) is 1. The van der Waals surface area contributed by atoms with Crippen molar-refractivity contribution in [1.29, 1.82) is 0 Å². The molecule has 3 atom stereocenters. The van der Waals surface area contributed by atoms with E-state index in [4.69, 9.17) is 9.47 Å².